The van der Waals surface area contributed by atoms with E-state index >= 15 is 0 Å². The highest BCUT2D eigenvalue weighted by Crippen LogP contribution is 2.21. The van der Waals surface area contributed by atoms with E-state index in [2.05, 4.69) is 9.80 Å². The van der Waals surface area contributed by atoms with E-state index < -0.39 is 5.54 Å². The molecule has 2 fully saturated rings. The van der Waals surface area contributed by atoms with Gasteiger partial charge in [-0.1, -0.05) is 6.42 Å². The molecule has 5 nitrogen and oxygen atoms in total. The molecule has 2 N–H and O–H groups in total. The Balaban J connectivity index is 1.77. The number of rotatable bonds is 4. The predicted octanol–water partition coefficient (Wildman–Crippen LogP) is 0.827. The Labute approximate surface area is 122 Å². The number of hydrogen-bond donors (Lipinski definition) is 1. The summed E-state index contributed by atoms with van der Waals surface area (Å²) in [6.45, 7) is 6.95. The van der Waals surface area contributed by atoms with E-state index in [1.165, 1.54) is 52.3 Å². The Hall–Kier alpha value is -0.650. The van der Waals surface area contributed by atoms with Crippen LogP contribution < -0.4 is 5.73 Å². The van der Waals surface area contributed by atoms with Gasteiger partial charge in [0.05, 0.1) is 7.11 Å². The van der Waals surface area contributed by atoms with Crippen LogP contribution >= 0.6 is 0 Å². The van der Waals surface area contributed by atoms with Gasteiger partial charge in [-0.15, -0.1) is 0 Å². The van der Waals surface area contributed by atoms with Gasteiger partial charge in [0.15, 0.2) is 0 Å². The standard InChI is InChI=1S/C15H29N3O2/c1-15(16,14(19)20-2)12-17-10-6-13(7-11-17)18-8-4-3-5-9-18/h13H,3-12,16H2,1-2H3. The number of likely N-dealkylation sites (tertiary alicyclic amines) is 2. The molecule has 0 saturated carbocycles. The highest BCUT2D eigenvalue weighted by atomic mass is 16.5. The Morgan fingerprint density at radius 2 is 1.80 bits per heavy atom. The SMILES string of the molecule is COC(=O)C(C)(N)CN1CCC(N2CCCCC2)CC1. The molecule has 0 aromatic carbocycles. The summed E-state index contributed by atoms with van der Waals surface area (Å²) in [6.07, 6.45) is 6.47. The van der Waals surface area contributed by atoms with Crippen LogP contribution in [0.5, 0.6) is 0 Å². The lowest BCUT2D eigenvalue weighted by atomic mass is 9.97. The van der Waals surface area contributed by atoms with Crippen LogP contribution in [0, 0.1) is 0 Å². The Kier molecular flexibility index (Phi) is 5.41. The van der Waals surface area contributed by atoms with Crippen molar-refractivity contribution in [3.63, 3.8) is 0 Å². The van der Waals surface area contributed by atoms with Crippen LogP contribution in [0.3, 0.4) is 0 Å². The minimum atomic E-state index is -0.896. The molecule has 116 valence electrons. The van der Waals surface area contributed by atoms with Crippen molar-refractivity contribution >= 4 is 5.97 Å². The zero-order valence-corrected chi connectivity index (χ0v) is 12.9. The van der Waals surface area contributed by atoms with Crippen LogP contribution in [-0.2, 0) is 9.53 Å². The molecule has 2 aliphatic rings. The second-order valence-electron chi connectivity index (χ2n) is 6.51. The number of ether oxygens (including phenoxy) is 1. The number of nitrogens with two attached hydrogens (primary N) is 1. The van der Waals surface area contributed by atoms with E-state index in [4.69, 9.17) is 10.5 Å². The van der Waals surface area contributed by atoms with Crippen LogP contribution in [0.25, 0.3) is 0 Å². The van der Waals surface area contributed by atoms with Crippen molar-refractivity contribution in [2.75, 3.05) is 39.8 Å². The minimum Gasteiger partial charge on any atom is -0.468 e. The summed E-state index contributed by atoms with van der Waals surface area (Å²) >= 11 is 0. The van der Waals surface area contributed by atoms with Crippen LogP contribution in [0.2, 0.25) is 0 Å². The topological polar surface area (TPSA) is 58.8 Å². The molecule has 0 spiro atoms. The van der Waals surface area contributed by atoms with Gasteiger partial charge in [0, 0.05) is 12.6 Å². The molecule has 2 heterocycles. The minimum absolute atomic E-state index is 0.323. The molecule has 0 amide bonds. The van der Waals surface area contributed by atoms with Crippen molar-refractivity contribution in [3.05, 3.63) is 0 Å². The summed E-state index contributed by atoms with van der Waals surface area (Å²) in [5.41, 5.74) is 5.16. The maximum Gasteiger partial charge on any atom is 0.326 e. The van der Waals surface area contributed by atoms with Crippen molar-refractivity contribution in [3.8, 4) is 0 Å². The highest BCUT2D eigenvalue weighted by molar-refractivity contribution is 5.80. The van der Waals surface area contributed by atoms with Gasteiger partial charge < -0.3 is 20.3 Å². The van der Waals surface area contributed by atoms with Gasteiger partial charge in [0.1, 0.15) is 5.54 Å². The quantitative estimate of drug-likeness (QED) is 0.774. The second kappa shape index (κ2) is 6.87. The third-order valence-corrected chi connectivity index (χ3v) is 4.67. The molecule has 2 saturated heterocycles. The predicted molar refractivity (Wildman–Crippen MR) is 79.5 cm³/mol. The van der Waals surface area contributed by atoms with Crippen molar-refractivity contribution in [1.82, 2.24) is 9.80 Å². The first kappa shape index (κ1) is 15.7. The van der Waals surface area contributed by atoms with E-state index in [0.717, 1.165) is 19.1 Å². The molecule has 0 radical (unpaired) electrons. The average Bonchev–Trinajstić information content (AvgIpc) is 2.47. The molecule has 2 aliphatic heterocycles. The maximum atomic E-state index is 11.6. The Morgan fingerprint density at radius 1 is 1.20 bits per heavy atom. The van der Waals surface area contributed by atoms with Crippen LogP contribution in [0.4, 0.5) is 0 Å². The molecular weight excluding hydrogens is 254 g/mol. The van der Waals surface area contributed by atoms with Gasteiger partial charge in [-0.25, -0.2) is 0 Å². The summed E-state index contributed by atoms with van der Waals surface area (Å²) < 4.78 is 4.77. The molecular formula is C15H29N3O2. The Bertz CT molecular complexity index is 319. The lowest BCUT2D eigenvalue weighted by molar-refractivity contribution is -0.147. The molecule has 1 atom stereocenters. The summed E-state index contributed by atoms with van der Waals surface area (Å²) in [7, 11) is 1.40. The second-order valence-corrected chi connectivity index (χ2v) is 6.51. The van der Waals surface area contributed by atoms with Gasteiger partial charge >= 0.3 is 5.97 Å². The van der Waals surface area contributed by atoms with E-state index in [0.29, 0.717) is 6.54 Å². The van der Waals surface area contributed by atoms with E-state index in [-0.39, 0.29) is 5.97 Å². The number of nitrogens with zero attached hydrogens (tertiary/aromatic N) is 2. The maximum absolute atomic E-state index is 11.6. The number of methoxy groups -OCH3 is 1. The summed E-state index contributed by atoms with van der Waals surface area (Å²) in [6, 6.07) is 0.730. The fraction of sp³-hybridized carbons (Fsp3) is 0.933. The van der Waals surface area contributed by atoms with E-state index in [9.17, 15) is 4.79 Å². The van der Waals surface area contributed by atoms with Crippen molar-refractivity contribution in [2.45, 2.75) is 50.6 Å². The average molecular weight is 283 g/mol. The summed E-state index contributed by atoms with van der Waals surface area (Å²) in [5.74, 6) is -0.323. The smallest absolute Gasteiger partial charge is 0.326 e. The van der Waals surface area contributed by atoms with Crippen LogP contribution in [-0.4, -0.2) is 67.2 Å². The fourth-order valence-corrected chi connectivity index (χ4v) is 3.49. The summed E-state index contributed by atoms with van der Waals surface area (Å²) in [5, 5.41) is 0. The third kappa shape index (κ3) is 3.93. The first-order chi connectivity index (χ1) is 9.53. The van der Waals surface area contributed by atoms with Crippen molar-refractivity contribution in [1.29, 1.82) is 0 Å². The summed E-state index contributed by atoms with van der Waals surface area (Å²) in [4.78, 5) is 16.6. The fourth-order valence-electron chi connectivity index (χ4n) is 3.49. The molecule has 2 rings (SSSR count). The van der Waals surface area contributed by atoms with Gasteiger partial charge in [-0.3, -0.25) is 4.79 Å². The monoisotopic (exact) mass is 283 g/mol. The number of carbonyl (C=O) groups is 1. The lowest BCUT2D eigenvalue weighted by Gasteiger charge is -2.41. The van der Waals surface area contributed by atoms with Gasteiger partial charge in [-0.05, 0) is 58.8 Å². The molecule has 0 aromatic heterocycles. The molecule has 1 unspecified atom stereocenters. The molecule has 0 bridgehead atoms. The van der Waals surface area contributed by atoms with Crippen molar-refractivity contribution < 1.29 is 9.53 Å². The molecule has 5 heteroatoms. The van der Waals surface area contributed by atoms with Gasteiger partial charge in [-0.2, -0.15) is 0 Å². The zero-order chi connectivity index (χ0) is 14.6. The normalized spacial score (nSPS) is 26.1. The highest BCUT2D eigenvalue weighted by Gasteiger charge is 2.34. The van der Waals surface area contributed by atoms with Gasteiger partial charge in [0.25, 0.3) is 0 Å². The van der Waals surface area contributed by atoms with Crippen LogP contribution in [0.15, 0.2) is 0 Å². The first-order valence-electron chi connectivity index (χ1n) is 7.86. The number of carbonyl (C=O) groups excluding carboxylic acids is 1. The number of hydrogen-bond acceptors (Lipinski definition) is 5. The third-order valence-electron chi connectivity index (χ3n) is 4.67. The number of esters is 1. The molecule has 0 aliphatic carbocycles. The zero-order valence-electron chi connectivity index (χ0n) is 12.9. The first-order valence-corrected chi connectivity index (χ1v) is 7.86. The lowest BCUT2D eigenvalue weighted by Crippen LogP contribution is -2.56. The van der Waals surface area contributed by atoms with Crippen LogP contribution in [0.1, 0.15) is 39.0 Å². The van der Waals surface area contributed by atoms with E-state index in [1.54, 1.807) is 6.92 Å². The number of piperidine rings is 2. The molecule has 0 aromatic rings. The molecule has 20 heavy (non-hydrogen) atoms. The van der Waals surface area contributed by atoms with Gasteiger partial charge in [0.2, 0.25) is 0 Å². The van der Waals surface area contributed by atoms with Crippen molar-refractivity contribution in [2.24, 2.45) is 5.73 Å². The largest absolute Gasteiger partial charge is 0.468 e. The van der Waals surface area contributed by atoms with E-state index in [1.807, 2.05) is 0 Å². The Morgan fingerprint density at radius 3 is 2.35 bits per heavy atom.